The lowest BCUT2D eigenvalue weighted by atomic mass is 9.98. The normalized spacial score (nSPS) is 13.4. The monoisotopic (exact) mass is 527 g/mol. The van der Waals surface area contributed by atoms with Crippen LogP contribution in [0.5, 0.6) is 5.75 Å². The Morgan fingerprint density at radius 2 is 1.87 bits per heavy atom. The average Bonchev–Trinajstić information content (AvgIpc) is 3.63. The first-order chi connectivity index (χ1) is 18.9. The van der Waals surface area contributed by atoms with Crippen LogP contribution in [-0.4, -0.2) is 31.8 Å². The van der Waals surface area contributed by atoms with Crippen LogP contribution in [0.3, 0.4) is 0 Å². The van der Waals surface area contributed by atoms with Gasteiger partial charge in [-0.2, -0.15) is 0 Å². The number of furan rings is 1. The van der Waals surface area contributed by atoms with E-state index in [1.165, 1.54) is 0 Å². The zero-order chi connectivity index (χ0) is 27.4. The lowest BCUT2D eigenvalue weighted by Gasteiger charge is -2.31. The van der Waals surface area contributed by atoms with Gasteiger partial charge in [-0.25, -0.2) is 4.68 Å². The highest BCUT2D eigenvalue weighted by Crippen LogP contribution is 2.26. The molecule has 2 atom stereocenters. The Morgan fingerprint density at radius 3 is 2.59 bits per heavy atom. The number of quaternary nitrogens is 1. The van der Waals surface area contributed by atoms with Crippen LogP contribution in [0, 0.1) is 0 Å². The average molecular weight is 528 g/mol. The summed E-state index contributed by atoms with van der Waals surface area (Å²) in [4.78, 5) is 17.9. The Hall–Kier alpha value is -4.24. The molecule has 0 fully saturated rings. The van der Waals surface area contributed by atoms with Crippen LogP contribution in [0.1, 0.15) is 62.9 Å². The van der Waals surface area contributed by atoms with Gasteiger partial charge in [0, 0.05) is 16.5 Å². The minimum absolute atomic E-state index is 0.175. The molecule has 0 spiro atoms. The Kier molecular flexibility index (Phi) is 7.60. The molecule has 0 saturated heterocycles. The number of fused-ring (bicyclic) bond motifs is 1. The number of hydrogen-bond acceptors (Lipinski definition) is 6. The molecule has 3 aromatic heterocycles. The van der Waals surface area contributed by atoms with Gasteiger partial charge in [-0.15, -0.1) is 5.10 Å². The Balaban J connectivity index is 1.72. The molecule has 5 rings (SSSR count). The second-order valence-electron chi connectivity index (χ2n) is 10.4. The standard InChI is InChI=1S/C30H34N6O3/c1-5-30(3,4)36-28(32-33-34-36)27(25-18-22-17-23(38-6-2)14-15-26(22)31-29(25)37)35(20-24-13-10-16-39-24)19-21-11-8-7-9-12-21/h7-18,27H,5-6,19-20H2,1-4H3,(H,31,37)/p+1. The Morgan fingerprint density at radius 1 is 1.05 bits per heavy atom. The molecule has 9 heteroatoms. The molecule has 3 heterocycles. The van der Waals surface area contributed by atoms with E-state index in [0.717, 1.165) is 39.3 Å². The zero-order valence-corrected chi connectivity index (χ0v) is 22.8. The number of benzene rings is 2. The number of pyridine rings is 1. The molecule has 0 aliphatic rings. The first-order valence-electron chi connectivity index (χ1n) is 13.4. The zero-order valence-electron chi connectivity index (χ0n) is 22.8. The van der Waals surface area contributed by atoms with E-state index < -0.39 is 6.04 Å². The van der Waals surface area contributed by atoms with Crippen molar-refractivity contribution >= 4 is 10.9 Å². The molecule has 0 radical (unpaired) electrons. The number of aromatic nitrogens is 5. The summed E-state index contributed by atoms with van der Waals surface area (Å²) in [7, 11) is 0. The minimum atomic E-state index is -0.486. The first kappa shape index (κ1) is 26.4. The number of nitrogens with zero attached hydrogens (tertiary/aromatic N) is 4. The summed E-state index contributed by atoms with van der Waals surface area (Å²) < 4.78 is 13.4. The fourth-order valence-electron chi connectivity index (χ4n) is 4.93. The number of nitrogens with one attached hydrogen (secondary N) is 2. The van der Waals surface area contributed by atoms with Crippen molar-refractivity contribution in [3.05, 3.63) is 106 Å². The van der Waals surface area contributed by atoms with Crippen molar-refractivity contribution in [2.24, 2.45) is 0 Å². The van der Waals surface area contributed by atoms with Crippen LogP contribution in [-0.2, 0) is 18.6 Å². The molecule has 0 amide bonds. The molecular weight excluding hydrogens is 492 g/mol. The largest absolute Gasteiger partial charge is 0.494 e. The second kappa shape index (κ2) is 11.2. The third kappa shape index (κ3) is 5.63. The molecule has 0 aliphatic heterocycles. The molecule has 0 bridgehead atoms. The smallest absolute Gasteiger partial charge is 0.258 e. The third-order valence-electron chi connectivity index (χ3n) is 7.32. The van der Waals surface area contributed by atoms with Gasteiger partial charge in [-0.05, 0) is 74.0 Å². The maximum atomic E-state index is 13.8. The van der Waals surface area contributed by atoms with Crippen LogP contribution < -0.4 is 15.2 Å². The molecule has 0 aliphatic carbocycles. The van der Waals surface area contributed by atoms with Gasteiger partial charge in [0.15, 0.2) is 11.8 Å². The van der Waals surface area contributed by atoms with E-state index in [0.29, 0.717) is 31.1 Å². The van der Waals surface area contributed by atoms with Crippen LogP contribution >= 0.6 is 0 Å². The highest BCUT2D eigenvalue weighted by Gasteiger charge is 2.38. The molecule has 5 aromatic rings. The number of H-pyrrole nitrogens is 1. The summed E-state index contributed by atoms with van der Waals surface area (Å²) in [5, 5.41) is 13.9. The lowest BCUT2D eigenvalue weighted by molar-refractivity contribution is -0.954. The van der Waals surface area contributed by atoms with E-state index >= 15 is 0 Å². The number of rotatable bonds is 11. The van der Waals surface area contributed by atoms with Crippen molar-refractivity contribution in [3.63, 3.8) is 0 Å². The molecule has 9 nitrogen and oxygen atoms in total. The Bertz CT molecular complexity index is 1570. The van der Waals surface area contributed by atoms with Crippen molar-refractivity contribution in [1.82, 2.24) is 25.2 Å². The fourth-order valence-corrected chi connectivity index (χ4v) is 4.93. The topological polar surface area (TPSA) is 103 Å². The first-order valence-corrected chi connectivity index (χ1v) is 13.4. The van der Waals surface area contributed by atoms with Gasteiger partial charge in [0.1, 0.15) is 18.8 Å². The van der Waals surface area contributed by atoms with Crippen LogP contribution in [0.25, 0.3) is 10.9 Å². The summed E-state index contributed by atoms with van der Waals surface area (Å²) in [6, 6.07) is 21.2. The molecule has 202 valence electrons. The minimum Gasteiger partial charge on any atom is -0.494 e. The molecule has 39 heavy (non-hydrogen) atoms. The van der Waals surface area contributed by atoms with Crippen molar-refractivity contribution in [1.29, 1.82) is 0 Å². The number of aromatic amines is 1. The van der Waals surface area contributed by atoms with Gasteiger partial charge >= 0.3 is 0 Å². The maximum absolute atomic E-state index is 13.8. The SMILES string of the molecule is CCOc1ccc2[nH]c(=O)c(C(c3nnnn3C(C)(C)CC)[NH+](Cc3ccccc3)Cc3ccco3)cc2c1. The predicted molar refractivity (Wildman–Crippen MR) is 149 cm³/mol. The van der Waals surface area contributed by atoms with Crippen molar-refractivity contribution < 1.29 is 14.1 Å². The summed E-state index contributed by atoms with van der Waals surface area (Å²) in [6.07, 6.45) is 2.49. The highest BCUT2D eigenvalue weighted by atomic mass is 16.5. The number of hydrogen-bond donors (Lipinski definition) is 2. The predicted octanol–water partition coefficient (Wildman–Crippen LogP) is 4.03. The van der Waals surface area contributed by atoms with Crippen molar-refractivity contribution in [3.8, 4) is 5.75 Å². The number of ether oxygens (including phenoxy) is 1. The van der Waals surface area contributed by atoms with Crippen molar-refractivity contribution in [2.45, 2.75) is 58.8 Å². The van der Waals surface area contributed by atoms with Crippen LogP contribution in [0.15, 0.2) is 82.2 Å². The van der Waals surface area contributed by atoms with E-state index in [9.17, 15) is 4.79 Å². The fraction of sp³-hybridized carbons (Fsp3) is 0.333. The molecule has 0 saturated carbocycles. The summed E-state index contributed by atoms with van der Waals surface area (Å²) in [5.41, 5.74) is 1.93. The molecule has 2 unspecified atom stereocenters. The van der Waals surface area contributed by atoms with Crippen LogP contribution in [0.2, 0.25) is 0 Å². The van der Waals surface area contributed by atoms with Gasteiger partial charge in [0.05, 0.1) is 24.0 Å². The van der Waals surface area contributed by atoms with Crippen LogP contribution in [0.4, 0.5) is 0 Å². The quantitative estimate of drug-likeness (QED) is 0.269. The summed E-state index contributed by atoms with van der Waals surface area (Å²) >= 11 is 0. The Labute approximate surface area is 227 Å². The van der Waals surface area contributed by atoms with E-state index in [-0.39, 0.29) is 11.1 Å². The molecule has 2 aromatic carbocycles. The highest BCUT2D eigenvalue weighted by molar-refractivity contribution is 5.80. The van der Waals surface area contributed by atoms with Gasteiger partial charge in [-0.1, -0.05) is 37.3 Å². The lowest BCUT2D eigenvalue weighted by Crippen LogP contribution is -3.10. The van der Waals surface area contributed by atoms with E-state index in [1.807, 2.05) is 66.2 Å². The number of tetrazole rings is 1. The van der Waals surface area contributed by atoms with Gasteiger partial charge in [0.25, 0.3) is 5.56 Å². The van der Waals surface area contributed by atoms with E-state index in [2.05, 4.69) is 53.4 Å². The third-order valence-corrected chi connectivity index (χ3v) is 7.32. The van der Waals surface area contributed by atoms with Gasteiger partial charge in [-0.3, -0.25) is 4.79 Å². The second-order valence-corrected chi connectivity index (χ2v) is 10.4. The van der Waals surface area contributed by atoms with Gasteiger partial charge in [0.2, 0.25) is 5.82 Å². The maximum Gasteiger partial charge on any atom is 0.258 e. The molecular formula is C30H35N6O3+. The van der Waals surface area contributed by atoms with E-state index in [4.69, 9.17) is 9.15 Å². The summed E-state index contributed by atoms with van der Waals surface area (Å²) in [5.74, 6) is 2.20. The van der Waals surface area contributed by atoms with E-state index in [1.54, 1.807) is 6.26 Å². The molecule has 2 N–H and O–H groups in total. The van der Waals surface area contributed by atoms with Gasteiger partial charge < -0.3 is 19.0 Å². The summed E-state index contributed by atoms with van der Waals surface area (Å²) in [6.45, 7) is 9.98. The van der Waals surface area contributed by atoms with Crippen molar-refractivity contribution in [2.75, 3.05) is 6.61 Å².